The first kappa shape index (κ1) is 18.4. The zero-order valence-corrected chi connectivity index (χ0v) is 15.6. The number of carbonyl (C=O) groups excluding carboxylic acids is 2. The lowest BCUT2D eigenvalue weighted by atomic mass is 9.78. The molecule has 26 heavy (non-hydrogen) atoms. The van der Waals surface area contributed by atoms with Crippen molar-refractivity contribution in [2.75, 3.05) is 19.6 Å². The van der Waals surface area contributed by atoms with Crippen LogP contribution in [0.4, 0.5) is 0 Å². The molecule has 2 saturated heterocycles. The van der Waals surface area contributed by atoms with E-state index in [1.54, 1.807) is 11.8 Å². The number of hydrogen-bond acceptors (Lipinski definition) is 4. The summed E-state index contributed by atoms with van der Waals surface area (Å²) < 4.78 is 1.22. The highest BCUT2D eigenvalue weighted by molar-refractivity contribution is 5.86. The van der Waals surface area contributed by atoms with Crippen LogP contribution in [0.15, 0.2) is 15.8 Å². The Morgan fingerprint density at radius 2 is 1.96 bits per heavy atom. The molecule has 2 aliphatic rings. The molecule has 1 N–H and O–H groups in total. The van der Waals surface area contributed by atoms with Crippen molar-refractivity contribution in [2.24, 2.45) is 5.41 Å². The molecule has 1 spiro atoms. The molecule has 2 aliphatic heterocycles. The van der Waals surface area contributed by atoms with Gasteiger partial charge in [-0.25, -0.2) is 4.79 Å². The van der Waals surface area contributed by atoms with Crippen LogP contribution in [0.3, 0.4) is 0 Å². The van der Waals surface area contributed by atoms with Crippen molar-refractivity contribution in [1.29, 1.82) is 0 Å². The second-order valence-corrected chi connectivity index (χ2v) is 7.74. The van der Waals surface area contributed by atoms with Crippen LogP contribution in [0.25, 0.3) is 0 Å². The van der Waals surface area contributed by atoms with E-state index in [0.29, 0.717) is 25.1 Å². The Kier molecular flexibility index (Phi) is 4.77. The maximum Gasteiger partial charge on any atom is 0.328 e. The van der Waals surface area contributed by atoms with Crippen molar-refractivity contribution in [1.82, 2.24) is 19.4 Å². The summed E-state index contributed by atoms with van der Waals surface area (Å²) in [5, 5.41) is 0. The number of carbonyl (C=O) groups is 2. The fraction of sp³-hybridized carbons (Fsp3) is 0.667. The van der Waals surface area contributed by atoms with E-state index in [9.17, 15) is 19.2 Å². The summed E-state index contributed by atoms with van der Waals surface area (Å²) in [4.78, 5) is 54.7. The third kappa shape index (κ3) is 3.20. The molecule has 3 heterocycles. The predicted molar refractivity (Wildman–Crippen MR) is 95.8 cm³/mol. The summed E-state index contributed by atoms with van der Waals surface area (Å²) in [7, 11) is 0. The third-order valence-corrected chi connectivity index (χ3v) is 5.59. The Balaban J connectivity index is 1.73. The summed E-state index contributed by atoms with van der Waals surface area (Å²) >= 11 is 0. The van der Waals surface area contributed by atoms with E-state index < -0.39 is 16.7 Å². The van der Waals surface area contributed by atoms with Gasteiger partial charge in [-0.1, -0.05) is 0 Å². The van der Waals surface area contributed by atoms with Gasteiger partial charge in [-0.3, -0.25) is 23.9 Å². The Bertz CT molecular complexity index is 840. The standard InChI is InChI=1S/C18H26N4O4/c1-12(2)22-7-4-5-18(16(22)25)6-8-20(11-18)14(23)10-21-9-13(3)15(24)19-17(21)26/h9,12H,4-8,10-11H2,1-3H3,(H,19,24,26)/t18-/m0/s1. The van der Waals surface area contributed by atoms with E-state index in [1.807, 2.05) is 18.7 Å². The van der Waals surface area contributed by atoms with Gasteiger partial charge in [0.05, 0.1) is 5.41 Å². The normalized spacial score (nSPS) is 23.3. The van der Waals surface area contributed by atoms with Gasteiger partial charge in [0.2, 0.25) is 11.8 Å². The van der Waals surface area contributed by atoms with E-state index in [1.165, 1.54) is 10.8 Å². The Hall–Kier alpha value is -2.38. The molecule has 0 bridgehead atoms. The fourth-order valence-corrected chi connectivity index (χ4v) is 4.04. The summed E-state index contributed by atoms with van der Waals surface area (Å²) in [5.41, 5.74) is -1.14. The maximum absolute atomic E-state index is 12.9. The van der Waals surface area contributed by atoms with Gasteiger partial charge in [-0.05, 0) is 40.0 Å². The van der Waals surface area contributed by atoms with Gasteiger partial charge in [0.15, 0.2) is 0 Å². The second-order valence-electron chi connectivity index (χ2n) is 7.74. The minimum atomic E-state index is -0.595. The monoisotopic (exact) mass is 362 g/mol. The molecule has 8 heteroatoms. The van der Waals surface area contributed by atoms with E-state index >= 15 is 0 Å². The van der Waals surface area contributed by atoms with Gasteiger partial charge < -0.3 is 9.80 Å². The summed E-state index contributed by atoms with van der Waals surface area (Å²) in [5.74, 6) is -0.0593. The molecule has 142 valence electrons. The first-order valence-electron chi connectivity index (χ1n) is 9.13. The summed E-state index contributed by atoms with van der Waals surface area (Å²) in [6.45, 7) is 7.19. The van der Waals surface area contributed by atoms with Gasteiger partial charge in [0.1, 0.15) is 6.54 Å². The highest BCUT2D eigenvalue weighted by Gasteiger charge is 2.49. The number of piperidine rings is 1. The number of nitrogens with zero attached hydrogens (tertiary/aromatic N) is 3. The maximum atomic E-state index is 12.9. The average molecular weight is 362 g/mol. The molecule has 0 saturated carbocycles. The highest BCUT2D eigenvalue weighted by atomic mass is 16.2. The molecule has 2 fully saturated rings. The van der Waals surface area contributed by atoms with E-state index in [4.69, 9.17) is 0 Å². The van der Waals surface area contributed by atoms with Crippen molar-refractivity contribution in [3.63, 3.8) is 0 Å². The van der Waals surface area contributed by atoms with Crippen molar-refractivity contribution in [2.45, 2.75) is 52.6 Å². The van der Waals surface area contributed by atoms with Crippen molar-refractivity contribution < 1.29 is 9.59 Å². The number of nitrogens with one attached hydrogen (secondary N) is 1. The predicted octanol–water partition coefficient (Wildman–Crippen LogP) is 0.0945. The molecule has 0 aromatic carbocycles. The van der Waals surface area contributed by atoms with Gasteiger partial charge in [0.25, 0.3) is 5.56 Å². The van der Waals surface area contributed by atoms with E-state index in [-0.39, 0.29) is 24.4 Å². The molecule has 2 amide bonds. The van der Waals surface area contributed by atoms with E-state index in [2.05, 4.69) is 4.98 Å². The quantitative estimate of drug-likeness (QED) is 0.825. The fourth-order valence-electron chi connectivity index (χ4n) is 4.04. The van der Waals surface area contributed by atoms with Crippen LogP contribution in [-0.4, -0.2) is 56.8 Å². The van der Waals surface area contributed by atoms with Crippen LogP contribution in [0, 0.1) is 12.3 Å². The zero-order chi connectivity index (χ0) is 19.1. The number of aromatic amines is 1. The number of aromatic nitrogens is 2. The van der Waals surface area contributed by atoms with Crippen LogP contribution in [-0.2, 0) is 16.1 Å². The highest BCUT2D eigenvalue weighted by Crippen LogP contribution is 2.40. The Morgan fingerprint density at radius 3 is 2.65 bits per heavy atom. The molecule has 0 radical (unpaired) electrons. The Labute approximate surface area is 151 Å². The van der Waals surface area contributed by atoms with Crippen molar-refractivity contribution in [3.8, 4) is 0 Å². The number of amides is 2. The second kappa shape index (κ2) is 6.74. The van der Waals surface area contributed by atoms with Crippen molar-refractivity contribution >= 4 is 11.8 Å². The van der Waals surface area contributed by atoms with Gasteiger partial charge in [-0.15, -0.1) is 0 Å². The van der Waals surface area contributed by atoms with Gasteiger partial charge >= 0.3 is 5.69 Å². The van der Waals surface area contributed by atoms with Crippen molar-refractivity contribution in [3.05, 3.63) is 32.6 Å². The van der Waals surface area contributed by atoms with Crippen LogP contribution < -0.4 is 11.2 Å². The number of rotatable bonds is 3. The lowest BCUT2D eigenvalue weighted by molar-refractivity contribution is -0.148. The summed E-state index contributed by atoms with van der Waals surface area (Å²) in [6, 6.07) is 0.159. The molecule has 1 atom stereocenters. The molecule has 0 aliphatic carbocycles. The molecule has 3 rings (SSSR count). The van der Waals surface area contributed by atoms with Crippen LogP contribution in [0.2, 0.25) is 0 Å². The molecular formula is C18H26N4O4. The molecule has 1 aromatic rings. The van der Waals surface area contributed by atoms with Crippen LogP contribution in [0.1, 0.15) is 38.7 Å². The third-order valence-electron chi connectivity index (χ3n) is 5.59. The lowest BCUT2D eigenvalue weighted by Gasteiger charge is -2.41. The topological polar surface area (TPSA) is 95.5 Å². The summed E-state index contributed by atoms with van der Waals surface area (Å²) in [6.07, 6.45) is 3.82. The van der Waals surface area contributed by atoms with Gasteiger partial charge in [0, 0.05) is 37.4 Å². The number of hydrogen-bond donors (Lipinski definition) is 1. The van der Waals surface area contributed by atoms with Crippen LogP contribution >= 0.6 is 0 Å². The molecule has 0 unspecified atom stereocenters. The minimum absolute atomic E-state index is 0.130. The molecule has 1 aromatic heterocycles. The molecule has 8 nitrogen and oxygen atoms in total. The smallest absolute Gasteiger partial charge is 0.328 e. The number of likely N-dealkylation sites (tertiary alicyclic amines) is 2. The zero-order valence-electron chi connectivity index (χ0n) is 15.6. The average Bonchev–Trinajstić information content (AvgIpc) is 3.00. The first-order valence-corrected chi connectivity index (χ1v) is 9.13. The SMILES string of the molecule is Cc1cn(CC(=O)N2CC[C@@]3(CCCN(C(C)C)C3=O)C2)c(=O)[nH]c1=O. The Morgan fingerprint density at radius 1 is 1.23 bits per heavy atom. The van der Waals surface area contributed by atoms with Gasteiger partial charge in [-0.2, -0.15) is 0 Å². The lowest BCUT2D eigenvalue weighted by Crippen LogP contribution is -2.52. The largest absolute Gasteiger partial charge is 0.340 e. The van der Waals surface area contributed by atoms with E-state index in [0.717, 1.165) is 19.4 Å². The number of aryl methyl sites for hydroxylation is 1. The van der Waals surface area contributed by atoms with Crippen LogP contribution in [0.5, 0.6) is 0 Å². The number of H-pyrrole nitrogens is 1. The first-order chi connectivity index (χ1) is 12.2. The molecular weight excluding hydrogens is 336 g/mol. The minimum Gasteiger partial charge on any atom is -0.340 e.